The van der Waals surface area contributed by atoms with E-state index in [4.69, 9.17) is 222 Å². The van der Waals surface area contributed by atoms with E-state index in [0.29, 0.717) is 161 Å². The van der Waals surface area contributed by atoms with E-state index in [1.54, 1.807) is 0 Å². The normalized spacial score (nSPS) is 11.3. The van der Waals surface area contributed by atoms with Crippen molar-refractivity contribution in [2.75, 3.05) is 132 Å². The maximum absolute atomic E-state index is 6.98. The first-order valence-corrected chi connectivity index (χ1v) is 48.6. The quantitative estimate of drug-likeness (QED) is 0.0153. The van der Waals surface area contributed by atoms with E-state index in [2.05, 4.69) is 41.5 Å². The lowest BCUT2D eigenvalue weighted by molar-refractivity contribution is 0.0231. The van der Waals surface area contributed by atoms with Gasteiger partial charge in [0.15, 0.2) is 0 Å². The van der Waals surface area contributed by atoms with Crippen molar-refractivity contribution < 1.29 is 66.3 Å². The fourth-order valence-corrected chi connectivity index (χ4v) is 8.36. The SMILES string of the molecule is CC(C)COCCC(=N)N.CC(C)OC(C)CC(=N)N.CC(C)OCCC(=N)N.CC(C)OCCCC(=N)N.CCC(C)OCCC(=N)N.CCCCOCCC(=N)N.CCCOC(C)CC(=N)N.CCCOCCC(=N)N.CCCOCCCC(=N)N.CCOC(C)CC(=N)N.CCOC(C)CCC(=N)N.CCOCC(C)CC(=N)N.CCOCCCC(=N)N.CCOCCCCC(=N)N. The zero-order valence-electron chi connectivity index (χ0n) is 90.1. The van der Waals surface area contributed by atoms with Crippen LogP contribution < -0.4 is 80.3 Å². The molecule has 42 N–H and O–H groups in total. The lowest BCUT2D eigenvalue weighted by Gasteiger charge is -2.14. The molecule has 0 aromatic carbocycles. The molecule has 816 valence electrons. The molecule has 0 saturated carbocycles. The van der Waals surface area contributed by atoms with Gasteiger partial charge in [-0.2, -0.15) is 0 Å². The van der Waals surface area contributed by atoms with Gasteiger partial charge < -0.3 is 147 Å². The zero-order chi connectivity index (χ0) is 108. The number of ether oxygens (including phenoxy) is 14. The van der Waals surface area contributed by atoms with Crippen molar-refractivity contribution in [1.82, 2.24) is 0 Å². The highest BCUT2D eigenvalue weighted by Gasteiger charge is 2.08. The molecule has 0 radical (unpaired) electrons. The average Bonchev–Trinajstić information content (AvgIpc) is 1.00. The molecule has 0 bridgehead atoms. The van der Waals surface area contributed by atoms with Crippen molar-refractivity contribution in [3.8, 4) is 0 Å². The summed E-state index contributed by atoms with van der Waals surface area (Å²) in [6.45, 7) is 62.1. The predicted molar refractivity (Wildman–Crippen MR) is 573 cm³/mol. The lowest BCUT2D eigenvalue weighted by atomic mass is 10.1. The molecule has 42 heteroatoms. The summed E-state index contributed by atoms with van der Waals surface area (Å²) in [7, 11) is 0. The van der Waals surface area contributed by atoms with Gasteiger partial charge in [0.2, 0.25) is 0 Å². The first-order chi connectivity index (χ1) is 63.6. The third-order valence-electron chi connectivity index (χ3n) is 14.9. The Hall–Kier alpha value is -7.98. The van der Waals surface area contributed by atoms with E-state index in [-0.39, 0.29) is 124 Å². The molecule has 0 heterocycles. The summed E-state index contributed by atoms with van der Waals surface area (Å²) >= 11 is 0. The number of rotatable bonds is 70. The largest absolute Gasteiger partial charge is 0.388 e. The minimum atomic E-state index is 0.0671. The summed E-state index contributed by atoms with van der Waals surface area (Å²) in [4.78, 5) is 0. The minimum Gasteiger partial charge on any atom is -0.388 e. The molecule has 0 aliphatic carbocycles. The lowest BCUT2D eigenvalue weighted by Crippen LogP contribution is -2.22. The molecule has 0 fully saturated rings. The van der Waals surface area contributed by atoms with Gasteiger partial charge in [-0.25, -0.2) is 0 Å². The van der Waals surface area contributed by atoms with Crippen LogP contribution in [0.1, 0.15) is 333 Å². The first kappa shape index (κ1) is 159. The molecule has 0 aromatic heterocycles. The fraction of sp³-hybridized carbons (Fsp3) is 0.851. The van der Waals surface area contributed by atoms with Crippen molar-refractivity contribution in [2.45, 2.75) is 382 Å². The minimum absolute atomic E-state index is 0.0671. The van der Waals surface area contributed by atoms with E-state index in [0.717, 1.165) is 156 Å². The zero-order valence-corrected chi connectivity index (χ0v) is 90.1. The van der Waals surface area contributed by atoms with Gasteiger partial charge in [-0.05, 0) is 193 Å². The van der Waals surface area contributed by atoms with Crippen molar-refractivity contribution in [2.24, 2.45) is 92.1 Å². The summed E-state index contributed by atoms with van der Waals surface area (Å²) < 4.78 is 72.5. The highest BCUT2D eigenvalue weighted by atomic mass is 16.5. The van der Waals surface area contributed by atoms with E-state index in [9.17, 15) is 0 Å². The molecule has 0 amide bonds. The van der Waals surface area contributed by atoms with E-state index < -0.39 is 0 Å². The third kappa shape index (κ3) is 233. The van der Waals surface area contributed by atoms with Gasteiger partial charge in [-0.15, -0.1) is 0 Å². The number of nitrogens with two attached hydrogens (primary N) is 14. The van der Waals surface area contributed by atoms with Crippen molar-refractivity contribution in [3.05, 3.63) is 0 Å². The Morgan fingerprint density at radius 1 is 0.206 bits per heavy atom. The van der Waals surface area contributed by atoms with Gasteiger partial charge in [-0.3, -0.25) is 75.7 Å². The van der Waals surface area contributed by atoms with Crippen LogP contribution in [0.15, 0.2) is 0 Å². The van der Waals surface area contributed by atoms with Gasteiger partial charge in [0.25, 0.3) is 0 Å². The molecular formula is C94H216N28O14. The maximum atomic E-state index is 6.98. The highest BCUT2D eigenvalue weighted by Crippen LogP contribution is 2.05. The van der Waals surface area contributed by atoms with E-state index in [1.165, 1.54) is 0 Å². The van der Waals surface area contributed by atoms with Crippen LogP contribution in [0, 0.1) is 87.6 Å². The summed E-state index contributed by atoms with van der Waals surface area (Å²) in [6, 6.07) is 0. The molecule has 6 unspecified atom stereocenters. The van der Waals surface area contributed by atoms with Crippen molar-refractivity contribution in [1.29, 1.82) is 75.7 Å². The van der Waals surface area contributed by atoms with Gasteiger partial charge in [0.1, 0.15) is 0 Å². The molecule has 42 nitrogen and oxygen atoms in total. The summed E-state index contributed by atoms with van der Waals surface area (Å²) in [5.41, 5.74) is 71.9. The molecule has 0 aromatic rings. The van der Waals surface area contributed by atoms with Crippen molar-refractivity contribution >= 4 is 81.7 Å². The van der Waals surface area contributed by atoms with Crippen molar-refractivity contribution in [3.63, 3.8) is 0 Å². The Balaban J connectivity index is -0.0000000982. The van der Waals surface area contributed by atoms with E-state index in [1.807, 2.05) is 125 Å². The van der Waals surface area contributed by atoms with Crippen LogP contribution in [0.4, 0.5) is 0 Å². The second kappa shape index (κ2) is 131. The van der Waals surface area contributed by atoms with Crippen LogP contribution in [-0.4, -0.2) is 263 Å². The Bertz CT molecular complexity index is 2550. The molecule has 0 spiro atoms. The van der Waals surface area contributed by atoms with Gasteiger partial charge in [0, 0.05) is 189 Å². The first-order valence-electron chi connectivity index (χ1n) is 48.6. The molecule has 6 atom stereocenters. The second-order valence-electron chi connectivity index (χ2n) is 32.2. The van der Waals surface area contributed by atoms with Gasteiger partial charge in [0.05, 0.1) is 164 Å². The Morgan fingerprint density at radius 3 is 0.846 bits per heavy atom. The number of nitrogens with one attached hydrogen (secondary N) is 14. The standard InChI is InChI=1S/10C7H16N2O.4C6H14N2O/c1-5(2)10-6(3)4-7(8)9;1-6(2)5-10-4-3-7(8)9;1-6(2)10-5-3-4-7(8)9;1-3-10-5-6(2)4-7(8)9;1-3-10-6(2)4-5-7(8)9;1-3-6(2)10-5-4-7(8)9;1-3-4-10-6(2)5-7(8)9;1-2-10-6-4-3-5-7(8)9;1-2-5-10-6-3-4-7(8)9;1-2-3-5-10-6-4-7(8)9;1-5(2)9-4-3-6(7)8;1-3-9-5(2)4-6(7)8;1-2-9-5-3-4-6(7)8;1-2-4-9-5-3-6(7)8/h5-6H,4H2,1-3H3,(H3,8,9);6*6H,3-5H2,1-2H3,(H3,8,9);3*2-6H2,1H3,(H3,8,9);2*5H,3-4H2,1-2H3,(H3,7,8);2*2-5H2,1H3,(H3,7,8). The number of hydrogen-bond acceptors (Lipinski definition) is 28. The summed E-state index contributed by atoms with van der Waals surface area (Å²) in [6.07, 6.45) is 21.6. The van der Waals surface area contributed by atoms with Crippen LogP contribution in [0.25, 0.3) is 0 Å². The van der Waals surface area contributed by atoms with Gasteiger partial charge in [-0.1, -0.05) is 61.8 Å². The highest BCUT2D eigenvalue weighted by molar-refractivity contribution is 5.81. The average molecular weight is 1960 g/mol. The Morgan fingerprint density at radius 2 is 0.507 bits per heavy atom. The monoisotopic (exact) mass is 1960 g/mol. The molecule has 0 saturated heterocycles. The fourth-order valence-electron chi connectivity index (χ4n) is 8.36. The molecule has 0 rings (SSSR count). The molecule has 0 aliphatic heterocycles. The van der Waals surface area contributed by atoms with Crippen LogP contribution >= 0.6 is 0 Å². The van der Waals surface area contributed by atoms with Crippen LogP contribution in [0.5, 0.6) is 0 Å². The predicted octanol–water partition coefficient (Wildman–Crippen LogP) is 13.9. The Labute approximate surface area is 826 Å². The Kier molecular flexibility index (Phi) is 153. The summed E-state index contributed by atoms with van der Waals surface area (Å²) in [5.74, 6) is 4.00. The number of unbranched alkanes of at least 4 members (excludes halogenated alkanes) is 2. The topological polar surface area (TPSA) is 827 Å². The molecule has 0 aliphatic rings. The molecular weight excluding hydrogens is 1750 g/mol. The van der Waals surface area contributed by atoms with Crippen LogP contribution in [0.2, 0.25) is 0 Å². The second-order valence-corrected chi connectivity index (χ2v) is 32.2. The smallest absolute Gasteiger partial charge is 0.0931 e. The van der Waals surface area contributed by atoms with Crippen LogP contribution in [0.3, 0.4) is 0 Å². The van der Waals surface area contributed by atoms with Gasteiger partial charge >= 0.3 is 0 Å². The third-order valence-corrected chi connectivity index (χ3v) is 14.9. The molecule has 136 heavy (non-hydrogen) atoms. The van der Waals surface area contributed by atoms with Crippen LogP contribution in [-0.2, 0) is 66.3 Å². The van der Waals surface area contributed by atoms with E-state index >= 15 is 0 Å². The number of amidine groups is 14. The summed E-state index contributed by atoms with van der Waals surface area (Å²) in [5, 5.41) is 96.6. The maximum Gasteiger partial charge on any atom is 0.0931 e. The number of hydrogen-bond donors (Lipinski definition) is 28.